The van der Waals surface area contributed by atoms with Crippen LogP contribution in [-0.4, -0.2) is 17.1 Å². The van der Waals surface area contributed by atoms with Gasteiger partial charge in [0.05, 0.1) is 17.8 Å². The van der Waals surface area contributed by atoms with Crippen molar-refractivity contribution >= 4 is 22.7 Å². The maximum Gasteiger partial charge on any atom is 0.419 e. The Morgan fingerprint density at radius 1 is 1.15 bits per heavy atom. The molecular weight excluding hydrogens is 332 g/mol. The van der Waals surface area contributed by atoms with Gasteiger partial charge in [-0.3, -0.25) is 9.36 Å². The van der Waals surface area contributed by atoms with E-state index in [1.165, 1.54) is 0 Å². The molecule has 0 fully saturated rings. The van der Waals surface area contributed by atoms with Crippen LogP contribution in [0.4, 0.5) is 5.69 Å². The van der Waals surface area contributed by atoms with E-state index in [-0.39, 0.29) is 5.91 Å². The fourth-order valence-corrected chi connectivity index (χ4v) is 2.74. The van der Waals surface area contributed by atoms with Crippen LogP contribution < -0.4 is 15.8 Å². The predicted octanol–water partition coefficient (Wildman–Crippen LogP) is 3.80. The van der Waals surface area contributed by atoms with Crippen molar-refractivity contribution < 1.29 is 13.9 Å². The minimum atomic E-state index is -0.398. The normalized spacial score (nSPS) is 10.8. The number of aromatic nitrogens is 1. The van der Waals surface area contributed by atoms with Gasteiger partial charge in [-0.2, -0.15) is 0 Å². The summed E-state index contributed by atoms with van der Waals surface area (Å²) >= 11 is 0. The first-order chi connectivity index (χ1) is 12.7. The predicted molar refractivity (Wildman–Crippen MR) is 101 cm³/mol. The molecule has 0 atom stereocenters. The number of para-hydroxylation sites is 4. The van der Waals surface area contributed by atoms with Crippen LogP contribution in [0.25, 0.3) is 11.1 Å². The largest absolute Gasteiger partial charge is 0.491 e. The molecule has 6 heteroatoms. The van der Waals surface area contributed by atoms with Crippen molar-refractivity contribution in [1.29, 1.82) is 0 Å². The number of nitrogens with zero attached hydrogens (tertiary/aromatic N) is 1. The number of amides is 1. The molecule has 1 N–H and O–H groups in total. The number of hydrogen-bond donors (Lipinski definition) is 1. The topological polar surface area (TPSA) is 73.5 Å². The van der Waals surface area contributed by atoms with E-state index >= 15 is 0 Å². The molecule has 6 nitrogen and oxygen atoms in total. The summed E-state index contributed by atoms with van der Waals surface area (Å²) in [6.07, 6.45) is 1.73. The molecule has 136 valence electrons. The number of carbonyl (C=O) groups is 1. The summed E-state index contributed by atoms with van der Waals surface area (Å²) in [4.78, 5) is 24.2. The summed E-state index contributed by atoms with van der Waals surface area (Å²) in [6, 6.07) is 14.6. The highest BCUT2D eigenvalue weighted by Gasteiger charge is 2.10. The Kier molecular flexibility index (Phi) is 5.73. The molecule has 1 aromatic heterocycles. The number of carbonyl (C=O) groups excluding carboxylic acids is 1. The Labute approximate surface area is 151 Å². The highest BCUT2D eigenvalue weighted by Crippen LogP contribution is 2.24. The first-order valence-electron chi connectivity index (χ1n) is 8.79. The van der Waals surface area contributed by atoms with Gasteiger partial charge in [0.2, 0.25) is 5.91 Å². The zero-order valence-electron chi connectivity index (χ0n) is 14.7. The third-order valence-corrected chi connectivity index (χ3v) is 3.98. The first kappa shape index (κ1) is 17.8. The molecule has 0 radical (unpaired) electrons. The lowest BCUT2D eigenvalue weighted by Crippen LogP contribution is -2.17. The quantitative estimate of drug-likeness (QED) is 0.668. The van der Waals surface area contributed by atoms with Crippen molar-refractivity contribution in [3.05, 3.63) is 59.1 Å². The molecule has 2 aromatic carbocycles. The van der Waals surface area contributed by atoms with E-state index in [0.29, 0.717) is 43.0 Å². The third kappa shape index (κ3) is 4.14. The molecule has 0 spiro atoms. The van der Waals surface area contributed by atoms with Gasteiger partial charge in [-0.25, -0.2) is 4.79 Å². The van der Waals surface area contributed by atoms with Gasteiger partial charge in [-0.15, -0.1) is 0 Å². The van der Waals surface area contributed by atoms with E-state index in [1.807, 2.05) is 49.4 Å². The van der Waals surface area contributed by atoms with Crippen LogP contribution in [-0.2, 0) is 11.3 Å². The van der Waals surface area contributed by atoms with Gasteiger partial charge in [0, 0.05) is 13.0 Å². The number of oxazole rings is 1. The Hall–Kier alpha value is -3.02. The number of ether oxygens (including phenoxy) is 1. The number of benzene rings is 2. The van der Waals surface area contributed by atoms with Crippen molar-refractivity contribution in [3.63, 3.8) is 0 Å². The van der Waals surface area contributed by atoms with Gasteiger partial charge in [0.15, 0.2) is 5.58 Å². The van der Waals surface area contributed by atoms with Crippen LogP contribution in [0.3, 0.4) is 0 Å². The van der Waals surface area contributed by atoms with Gasteiger partial charge in [0.25, 0.3) is 0 Å². The number of nitrogens with one attached hydrogen (secondary N) is 1. The maximum absolute atomic E-state index is 12.2. The molecule has 1 heterocycles. The van der Waals surface area contributed by atoms with Crippen molar-refractivity contribution in [2.24, 2.45) is 0 Å². The number of aryl methyl sites for hydroxylation is 1. The minimum absolute atomic E-state index is 0.113. The summed E-state index contributed by atoms with van der Waals surface area (Å²) in [5.41, 5.74) is 1.97. The molecule has 0 saturated carbocycles. The third-order valence-electron chi connectivity index (χ3n) is 3.98. The Balaban J connectivity index is 1.58. The van der Waals surface area contributed by atoms with E-state index < -0.39 is 5.76 Å². The summed E-state index contributed by atoms with van der Waals surface area (Å²) in [5, 5.41) is 2.88. The van der Waals surface area contributed by atoms with Crippen LogP contribution in [0.2, 0.25) is 0 Å². The standard InChI is InChI=1S/C20H22N2O4/c1-2-14-25-17-10-5-3-8-15(17)21-19(23)12-7-13-22-16-9-4-6-11-18(16)26-20(22)24/h3-6,8-11H,2,7,12-14H2,1H3,(H,21,23). The molecule has 26 heavy (non-hydrogen) atoms. The molecule has 3 rings (SSSR count). The minimum Gasteiger partial charge on any atom is -0.491 e. The molecule has 1 amide bonds. The molecular formula is C20H22N2O4. The molecule has 0 bridgehead atoms. The Morgan fingerprint density at radius 3 is 2.77 bits per heavy atom. The molecule has 0 saturated heterocycles. The summed E-state index contributed by atoms with van der Waals surface area (Å²) in [6.45, 7) is 3.06. The van der Waals surface area contributed by atoms with Gasteiger partial charge in [-0.05, 0) is 37.1 Å². The van der Waals surface area contributed by atoms with Crippen LogP contribution >= 0.6 is 0 Å². The fraction of sp³-hybridized carbons (Fsp3) is 0.300. The average Bonchev–Trinajstić information content (AvgIpc) is 2.96. The second kappa shape index (κ2) is 8.38. The lowest BCUT2D eigenvalue weighted by molar-refractivity contribution is -0.116. The van der Waals surface area contributed by atoms with Crippen molar-refractivity contribution in [2.45, 2.75) is 32.7 Å². The second-order valence-electron chi connectivity index (χ2n) is 5.98. The zero-order chi connectivity index (χ0) is 18.4. The number of anilines is 1. The van der Waals surface area contributed by atoms with E-state index in [9.17, 15) is 9.59 Å². The molecule has 0 unspecified atom stereocenters. The number of fused-ring (bicyclic) bond motifs is 1. The van der Waals surface area contributed by atoms with Gasteiger partial charge < -0.3 is 14.5 Å². The van der Waals surface area contributed by atoms with E-state index in [2.05, 4.69) is 5.32 Å². The molecule has 3 aromatic rings. The Morgan fingerprint density at radius 2 is 1.92 bits per heavy atom. The highest BCUT2D eigenvalue weighted by molar-refractivity contribution is 5.92. The van der Waals surface area contributed by atoms with Crippen molar-refractivity contribution in [2.75, 3.05) is 11.9 Å². The van der Waals surface area contributed by atoms with Crippen LogP contribution in [0.15, 0.2) is 57.7 Å². The molecule has 0 aliphatic carbocycles. The van der Waals surface area contributed by atoms with Crippen molar-refractivity contribution in [1.82, 2.24) is 4.57 Å². The van der Waals surface area contributed by atoms with Crippen LogP contribution in [0, 0.1) is 0 Å². The summed E-state index contributed by atoms with van der Waals surface area (Å²) < 4.78 is 12.4. The highest BCUT2D eigenvalue weighted by atomic mass is 16.5. The van der Waals surface area contributed by atoms with E-state index in [1.54, 1.807) is 10.6 Å². The number of hydrogen-bond acceptors (Lipinski definition) is 4. The maximum atomic E-state index is 12.2. The average molecular weight is 354 g/mol. The SMILES string of the molecule is CCCOc1ccccc1NC(=O)CCCn1c(=O)oc2ccccc21. The Bertz CT molecular complexity index is 942. The monoisotopic (exact) mass is 354 g/mol. The zero-order valence-corrected chi connectivity index (χ0v) is 14.7. The second-order valence-corrected chi connectivity index (χ2v) is 5.98. The smallest absolute Gasteiger partial charge is 0.419 e. The van der Waals surface area contributed by atoms with Crippen LogP contribution in [0.5, 0.6) is 5.75 Å². The molecule has 0 aliphatic heterocycles. The summed E-state index contributed by atoms with van der Waals surface area (Å²) in [5.74, 6) is 0.156. The molecule has 0 aliphatic rings. The lowest BCUT2D eigenvalue weighted by atomic mass is 10.2. The van der Waals surface area contributed by atoms with E-state index in [4.69, 9.17) is 9.15 Å². The van der Waals surface area contributed by atoms with Gasteiger partial charge >= 0.3 is 5.76 Å². The van der Waals surface area contributed by atoms with Crippen molar-refractivity contribution in [3.8, 4) is 5.75 Å². The fourth-order valence-electron chi connectivity index (χ4n) is 2.74. The lowest BCUT2D eigenvalue weighted by Gasteiger charge is -2.12. The van der Waals surface area contributed by atoms with E-state index in [0.717, 1.165) is 11.9 Å². The van der Waals surface area contributed by atoms with Crippen LogP contribution in [0.1, 0.15) is 26.2 Å². The summed E-state index contributed by atoms with van der Waals surface area (Å²) in [7, 11) is 0. The number of rotatable bonds is 8. The first-order valence-corrected chi connectivity index (χ1v) is 8.79. The van der Waals surface area contributed by atoms with Gasteiger partial charge in [-0.1, -0.05) is 31.2 Å². The van der Waals surface area contributed by atoms with Gasteiger partial charge in [0.1, 0.15) is 5.75 Å².